The molecule has 4 aromatic rings. The van der Waals surface area contributed by atoms with Crippen molar-refractivity contribution in [2.75, 3.05) is 44.4 Å². The monoisotopic (exact) mass is 613 g/mol. The fourth-order valence-corrected chi connectivity index (χ4v) is 5.95. The summed E-state index contributed by atoms with van der Waals surface area (Å²) in [5, 5.41) is 12.4. The van der Waals surface area contributed by atoms with Crippen LogP contribution in [-0.4, -0.2) is 78.4 Å². The summed E-state index contributed by atoms with van der Waals surface area (Å²) in [6.45, 7) is 0.867. The number of nitrogens with zero attached hydrogens (tertiary/aromatic N) is 3. The first-order valence-corrected chi connectivity index (χ1v) is 14.7. The fraction of sp³-hybridized carbons (Fsp3) is 0.250. The Kier molecular flexibility index (Phi) is 8.57. The van der Waals surface area contributed by atoms with Gasteiger partial charge in [0.05, 0.1) is 16.1 Å². The zero-order valence-corrected chi connectivity index (χ0v) is 24.1. The lowest BCUT2D eigenvalue weighted by molar-refractivity contribution is 0.102. The number of carbonyl (C=O) groups excluding carboxylic acids is 2. The van der Waals surface area contributed by atoms with Crippen LogP contribution >= 0.6 is 0 Å². The molecule has 0 atom stereocenters. The number of likely N-dealkylation sites (N-methyl/N-ethyl adjacent to an activating group) is 1. The highest BCUT2D eigenvalue weighted by Crippen LogP contribution is 2.30. The average Bonchev–Trinajstić information content (AvgIpc) is 3.63. The molecule has 0 saturated carbocycles. The van der Waals surface area contributed by atoms with Crippen LogP contribution in [0.15, 0.2) is 59.6 Å². The summed E-state index contributed by atoms with van der Waals surface area (Å²) in [5.41, 5.74) is 1.58. The number of sulfonamides is 1. The summed E-state index contributed by atoms with van der Waals surface area (Å²) < 4.78 is 60.8. The van der Waals surface area contributed by atoms with Crippen LogP contribution in [0.2, 0.25) is 0 Å². The zero-order chi connectivity index (χ0) is 30.7. The normalized spacial score (nSPS) is 13.5. The maximum atomic E-state index is 13.8. The predicted molar refractivity (Wildman–Crippen MR) is 153 cm³/mol. The number of carbonyl (C=O) groups is 2. The molecule has 0 saturated heterocycles. The quantitative estimate of drug-likeness (QED) is 0.214. The first-order chi connectivity index (χ1) is 20.5. The van der Waals surface area contributed by atoms with Gasteiger partial charge in [0.25, 0.3) is 11.8 Å². The number of benzene rings is 2. The molecule has 5 rings (SSSR count). The smallest absolute Gasteiger partial charge is 0.272 e. The number of H-pyrrole nitrogens is 2. The number of aromatic amines is 2. The first kappa shape index (κ1) is 29.9. The maximum absolute atomic E-state index is 13.8. The van der Waals surface area contributed by atoms with E-state index in [-0.39, 0.29) is 42.3 Å². The largest absolute Gasteiger partial charge is 0.492 e. The van der Waals surface area contributed by atoms with Gasteiger partial charge in [0.15, 0.2) is 5.82 Å². The van der Waals surface area contributed by atoms with Crippen molar-refractivity contribution in [1.82, 2.24) is 24.4 Å². The molecule has 0 fully saturated rings. The van der Waals surface area contributed by atoms with Crippen molar-refractivity contribution in [1.29, 1.82) is 0 Å². The Labute approximate surface area is 246 Å². The molecule has 0 unspecified atom stereocenters. The Morgan fingerprint density at radius 3 is 2.53 bits per heavy atom. The predicted octanol–water partition coefficient (Wildman–Crippen LogP) is 3.21. The second-order valence-corrected chi connectivity index (χ2v) is 12.0. The average molecular weight is 614 g/mol. The summed E-state index contributed by atoms with van der Waals surface area (Å²) in [6.07, 6.45) is 1.82. The van der Waals surface area contributed by atoms with Gasteiger partial charge >= 0.3 is 0 Å². The SMILES string of the molecule is CN(C)CCOc1ccc(C(=O)Nc2n[nH]c3c2CN(S(=O)(=O)c2cc(F)cc(F)c2)CC3)c(NC(=O)c2ccc[nH]2)c1. The molecule has 2 aromatic heterocycles. The third kappa shape index (κ3) is 6.74. The van der Waals surface area contributed by atoms with Gasteiger partial charge in [0.2, 0.25) is 10.0 Å². The highest BCUT2D eigenvalue weighted by atomic mass is 32.2. The third-order valence-corrected chi connectivity index (χ3v) is 8.56. The first-order valence-electron chi connectivity index (χ1n) is 13.2. The molecule has 15 heteroatoms. The molecule has 1 aliphatic rings. The highest BCUT2D eigenvalue weighted by molar-refractivity contribution is 7.89. The molecular formula is C28H29F2N7O5S. The van der Waals surface area contributed by atoms with E-state index in [2.05, 4.69) is 25.8 Å². The Morgan fingerprint density at radius 1 is 1.07 bits per heavy atom. The van der Waals surface area contributed by atoms with E-state index in [1.165, 1.54) is 12.1 Å². The number of aromatic nitrogens is 3. The van der Waals surface area contributed by atoms with Gasteiger partial charge < -0.3 is 25.3 Å². The molecule has 1 aliphatic heterocycles. The Morgan fingerprint density at radius 2 is 1.84 bits per heavy atom. The van der Waals surface area contributed by atoms with Gasteiger partial charge in [-0.25, -0.2) is 17.2 Å². The van der Waals surface area contributed by atoms with E-state index in [0.717, 1.165) is 16.4 Å². The molecule has 3 heterocycles. The van der Waals surface area contributed by atoms with Gasteiger partial charge in [-0.2, -0.15) is 9.40 Å². The number of hydrogen-bond acceptors (Lipinski definition) is 7. The van der Waals surface area contributed by atoms with Crippen LogP contribution in [-0.2, 0) is 23.0 Å². The number of hydrogen-bond donors (Lipinski definition) is 4. The van der Waals surface area contributed by atoms with Crippen LogP contribution in [0, 0.1) is 11.6 Å². The van der Waals surface area contributed by atoms with E-state index < -0.39 is 38.4 Å². The number of nitrogens with one attached hydrogen (secondary N) is 4. The maximum Gasteiger partial charge on any atom is 0.272 e. The number of fused-ring (bicyclic) bond motifs is 1. The van der Waals surface area contributed by atoms with Crippen LogP contribution in [0.4, 0.5) is 20.3 Å². The summed E-state index contributed by atoms with van der Waals surface area (Å²) >= 11 is 0. The molecule has 4 N–H and O–H groups in total. The second-order valence-electron chi connectivity index (χ2n) is 10.1. The van der Waals surface area contributed by atoms with Crippen LogP contribution in [0.5, 0.6) is 5.75 Å². The standard InChI is InChI=1S/C28H29F2N7O5S/c1-36(2)10-11-42-19-5-6-21(25(15-19)32-28(39)24-4-3-8-31-24)27(38)33-26-22-16-37(9-7-23(22)34-35-26)43(40,41)20-13-17(29)12-18(30)14-20/h3-6,8,12-15,31H,7,9-11,16H2,1-2H3,(H,32,39)(H2,33,34,35,38). The van der Waals surface area contributed by atoms with Crippen molar-refractivity contribution >= 4 is 33.3 Å². The van der Waals surface area contributed by atoms with Gasteiger partial charge in [-0.3, -0.25) is 14.7 Å². The van der Waals surface area contributed by atoms with E-state index in [0.29, 0.717) is 36.2 Å². The van der Waals surface area contributed by atoms with Crippen LogP contribution in [0.1, 0.15) is 32.1 Å². The van der Waals surface area contributed by atoms with Crippen molar-refractivity contribution in [3.05, 3.63) is 88.9 Å². The molecule has 0 spiro atoms. The molecule has 0 radical (unpaired) electrons. The minimum Gasteiger partial charge on any atom is -0.492 e. The molecular weight excluding hydrogens is 584 g/mol. The minimum absolute atomic E-state index is 0.0350. The Balaban J connectivity index is 1.38. The molecule has 12 nitrogen and oxygen atoms in total. The second kappa shape index (κ2) is 12.3. The van der Waals surface area contributed by atoms with E-state index in [9.17, 15) is 26.8 Å². The van der Waals surface area contributed by atoms with Gasteiger partial charge in [-0.05, 0) is 50.5 Å². The number of ether oxygens (including phenoxy) is 1. The summed E-state index contributed by atoms with van der Waals surface area (Å²) in [6, 6.07) is 9.98. The molecule has 0 aliphatic carbocycles. The van der Waals surface area contributed by atoms with Gasteiger partial charge in [0, 0.05) is 55.6 Å². The minimum atomic E-state index is -4.25. The lowest BCUT2D eigenvalue weighted by Gasteiger charge is -2.26. The van der Waals surface area contributed by atoms with Crippen molar-refractivity contribution < 1.29 is 31.5 Å². The van der Waals surface area contributed by atoms with Crippen LogP contribution < -0.4 is 15.4 Å². The van der Waals surface area contributed by atoms with E-state index in [1.807, 2.05) is 19.0 Å². The van der Waals surface area contributed by atoms with Crippen molar-refractivity contribution in [2.45, 2.75) is 17.9 Å². The molecule has 43 heavy (non-hydrogen) atoms. The fourth-order valence-electron chi connectivity index (χ4n) is 4.50. The summed E-state index contributed by atoms with van der Waals surface area (Å²) in [5.74, 6) is -2.61. The van der Waals surface area contributed by atoms with Gasteiger partial charge in [-0.1, -0.05) is 0 Å². The molecule has 0 bridgehead atoms. The molecule has 226 valence electrons. The third-order valence-electron chi connectivity index (χ3n) is 6.74. The zero-order valence-electron chi connectivity index (χ0n) is 23.3. The van der Waals surface area contributed by atoms with Crippen LogP contribution in [0.3, 0.4) is 0 Å². The van der Waals surface area contributed by atoms with Crippen molar-refractivity contribution in [3.63, 3.8) is 0 Å². The van der Waals surface area contributed by atoms with E-state index >= 15 is 0 Å². The molecule has 2 aromatic carbocycles. The molecule has 2 amide bonds. The highest BCUT2D eigenvalue weighted by Gasteiger charge is 2.32. The number of halogens is 2. The Hall–Kier alpha value is -4.60. The van der Waals surface area contributed by atoms with Gasteiger partial charge in [-0.15, -0.1) is 0 Å². The Bertz CT molecular complexity index is 1740. The summed E-state index contributed by atoms with van der Waals surface area (Å²) in [7, 11) is -0.443. The number of amides is 2. The van der Waals surface area contributed by atoms with Crippen LogP contribution in [0.25, 0.3) is 0 Å². The van der Waals surface area contributed by atoms with E-state index in [4.69, 9.17) is 4.74 Å². The lowest BCUT2D eigenvalue weighted by atomic mass is 10.1. The summed E-state index contributed by atoms with van der Waals surface area (Å²) in [4.78, 5) is 30.5. The van der Waals surface area contributed by atoms with E-state index in [1.54, 1.807) is 24.4 Å². The number of anilines is 2. The topological polar surface area (TPSA) is 153 Å². The van der Waals surface area contributed by atoms with Gasteiger partial charge in [0.1, 0.15) is 29.7 Å². The number of rotatable bonds is 10. The van der Waals surface area contributed by atoms with Crippen molar-refractivity contribution in [2.24, 2.45) is 0 Å². The van der Waals surface area contributed by atoms with Crippen molar-refractivity contribution in [3.8, 4) is 5.75 Å². The lowest BCUT2D eigenvalue weighted by Crippen LogP contribution is -2.36.